The number of hydrogen-bond acceptors (Lipinski definition) is 6. The van der Waals surface area contributed by atoms with Gasteiger partial charge in [-0.05, 0) is 37.4 Å². The van der Waals surface area contributed by atoms with Crippen molar-refractivity contribution in [1.82, 2.24) is 9.80 Å². The monoisotopic (exact) mass is 416 g/mol. The van der Waals surface area contributed by atoms with Crippen LogP contribution in [-0.2, 0) is 4.79 Å². The van der Waals surface area contributed by atoms with Crippen molar-refractivity contribution in [2.75, 3.05) is 38.0 Å². The highest BCUT2D eigenvalue weighted by Gasteiger charge is 2.21. The van der Waals surface area contributed by atoms with E-state index in [1.54, 1.807) is 19.1 Å². The van der Waals surface area contributed by atoms with Crippen LogP contribution in [0.25, 0.3) is 0 Å². The van der Waals surface area contributed by atoms with Crippen LogP contribution in [0, 0.1) is 17.0 Å². The molecule has 154 valence electrons. The van der Waals surface area contributed by atoms with Crippen molar-refractivity contribution in [3.63, 3.8) is 0 Å². The Morgan fingerprint density at radius 1 is 1.21 bits per heavy atom. The van der Waals surface area contributed by atoms with E-state index in [-0.39, 0.29) is 17.5 Å². The number of nitro groups is 1. The van der Waals surface area contributed by atoms with Crippen LogP contribution in [-0.4, -0.2) is 59.3 Å². The summed E-state index contributed by atoms with van der Waals surface area (Å²) in [7, 11) is 0. The second-order valence-electron chi connectivity index (χ2n) is 7.00. The molecule has 1 aliphatic rings. The van der Waals surface area contributed by atoms with Gasteiger partial charge in [-0.3, -0.25) is 19.7 Å². The maximum atomic E-state index is 12.5. The first kappa shape index (κ1) is 20.9. The largest absolute Gasteiger partial charge is 0.337 e. The number of nitrogens with zero attached hydrogens (tertiary/aromatic N) is 3. The number of hydrogen-bond donors (Lipinski definition) is 1. The first-order chi connectivity index (χ1) is 14.0. The van der Waals surface area contributed by atoms with Crippen molar-refractivity contribution in [1.29, 1.82) is 0 Å². The van der Waals surface area contributed by atoms with Crippen molar-refractivity contribution >= 4 is 34.5 Å². The Balaban J connectivity index is 1.49. The van der Waals surface area contributed by atoms with Gasteiger partial charge in [-0.15, -0.1) is 0 Å². The molecule has 29 heavy (non-hydrogen) atoms. The van der Waals surface area contributed by atoms with E-state index in [2.05, 4.69) is 10.2 Å². The molecule has 2 heterocycles. The number of carbonyl (C=O) groups is 2. The van der Waals surface area contributed by atoms with E-state index in [0.29, 0.717) is 37.3 Å². The van der Waals surface area contributed by atoms with Gasteiger partial charge in [-0.25, -0.2) is 0 Å². The SMILES string of the molecule is Cc1c(NC(=O)CCN2CCCN(C(=O)c3ccsc3)CC2)cccc1[N+](=O)[O-]. The van der Waals surface area contributed by atoms with Crippen LogP contribution in [0.3, 0.4) is 0 Å². The van der Waals surface area contributed by atoms with Gasteiger partial charge in [0.25, 0.3) is 11.6 Å². The summed E-state index contributed by atoms with van der Waals surface area (Å²) in [6.45, 7) is 5.11. The Hall–Kier alpha value is -2.78. The fourth-order valence-corrected chi connectivity index (χ4v) is 4.03. The summed E-state index contributed by atoms with van der Waals surface area (Å²) < 4.78 is 0. The molecule has 2 aromatic rings. The first-order valence-electron chi connectivity index (χ1n) is 9.53. The Kier molecular flexibility index (Phi) is 6.95. The minimum Gasteiger partial charge on any atom is -0.337 e. The number of thiophene rings is 1. The summed E-state index contributed by atoms with van der Waals surface area (Å²) in [5, 5.41) is 17.6. The summed E-state index contributed by atoms with van der Waals surface area (Å²) in [6, 6.07) is 6.50. The fraction of sp³-hybridized carbons (Fsp3) is 0.400. The van der Waals surface area contributed by atoms with E-state index < -0.39 is 4.92 Å². The highest BCUT2D eigenvalue weighted by molar-refractivity contribution is 7.08. The second kappa shape index (κ2) is 9.62. The molecular weight excluding hydrogens is 392 g/mol. The molecule has 0 unspecified atom stereocenters. The molecule has 1 aromatic heterocycles. The molecule has 1 aliphatic heterocycles. The third kappa shape index (κ3) is 5.39. The molecule has 1 N–H and O–H groups in total. The molecule has 1 fully saturated rings. The Bertz CT molecular complexity index is 885. The van der Waals surface area contributed by atoms with Crippen LogP contribution >= 0.6 is 11.3 Å². The van der Waals surface area contributed by atoms with Crippen LogP contribution in [0.2, 0.25) is 0 Å². The molecule has 0 bridgehead atoms. The van der Waals surface area contributed by atoms with E-state index in [1.807, 2.05) is 21.7 Å². The number of benzene rings is 1. The fourth-order valence-electron chi connectivity index (χ4n) is 3.40. The molecular formula is C20H24N4O4S. The van der Waals surface area contributed by atoms with Gasteiger partial charge in [0, 0.05) is 44.0 Å². The normalized spacial score (nSPS) is 15.0. The molecule has 0 aliphatic carbocycles. The molecule has 8 nitrogen and oxygen atoms in total. The Morgan fingerprint density at radius 3 is 2.76 bits per heavy atom. The van der Waals surface area contributed by atoms with Gasteiger partial charge in [0.1, 0.15) is 0 Å². The standard InChI is InChI=1S/C20H24N4O4S/c1-15-17(4-2-5-18(15)24(27)28)21-19(25)6-10-22-8-3-9-23(12-11-22)20(26)16-7-13-29-14-16/h2,4-5,7,13-14H,3,6,8-12H2,1H3,(H,21,25). The highest BCUT2D eigenvalue weighted by Crippen LogP contribution is 2.25. The summed E-state index contributed by atoms with van der Waals surface area (Å²) in [5.41, 5.74) is 1.64. The lowest BCUT2D eigenvalue weighted by Crippen LogP contribution is -2.35. The molecule has 0 radical (unpaired) electrons. The maximum absolute atomic E-state index is 12.5. The Labute approximate surface area is 173 Å². The highest BCUT2D eigenvalue weighted by atomic mass is 32.1. The van der Waals surface area contributed by atoms with Crippen molar-refractivity contribution in [2.24, 2.45) is 0 Å². The van der Waals surface area contributed by atoms with Crippen LogP contribution in [0.4, 0.5) is 11.4 Å². The minimum absolute atomic E-state index is 0.00861. The summed E-state index contributed by atoms with van der Waals surface area (Å²) in [6.07, 6.45) is 1.15. The predicted octanol–water partition coefficient (Wildman–Crippen LogP) is 3.14. The van der Waals surface area contributed by atoms with Crippen LogP contribution in [0.5, 0.6) is 0 Å². The van der Waals surface area contributed by atoms with E-state index in [1.165, 1.54) is 17.4 Å². The number of anilines is 1. The van der Waals surface area contributed by atoms with Gasteiger partial charge >= 0.3 is 0 Å². The quantitative estimate of drug-likeness (QED) is 0.576. The molecule has 0 spiro atoms. The van der Waals surface area contributed by atoms with Gasteiger partial charge < -0.3 is 15.1 Å². The Morgan fingerprint density at radius 2 is 2.03 bits per heavy atom. The third-order valence-corrected chi connectivity index (χ3v) is 5.76. The van der Waals surface area contributed by atoms with E-state index in [0.717, 1.165) is 25.1 Å². The average Bonchev–Trinajstić information content (AvgIpc) is 3.13. The number of amides is 2. The van der Waals surface area contributed by atoms with Crippen molar-refractivity contribution in [3.8, 4) is 0 Å². The lowest BCUT2D eigenvalue weighted by Gasteiger charge is -2.21. The third-order valence-electron chi connectivity index (χ3n) is 5.07. The smallest absolute Gasteiger partial charge is 0.274 e. The molecule has 1 saturated heterocycles. The zero-order chi connectivity index (χ0) is 20.8. The van der Waals surface area contributed by atoms with Gasteiger partial charge in [-0.2, -0.15) is 11.3 Å². The van der Waals surface area contributed by atoms with Crippen LogP contribution in [0.1, 0.15) is 28.8 Å². The number of nitrogens with one attached hydrogen (secondary N) is 1. The molecule has 2 amide bonds. The van der Waals surface area contributed by atoms with Crippen molar-refractivity contribution < 1.29 is 14.5 Å². The number of rotatable bonds is 6. The predicted molar refractivity (Wildman–Crippen MR) is 112 cm³/mol. The first-order valence-corrected chi connectivity index (χ1v) is 10.5. The van der Waals surface area contributed by atoms with Crippen molar-refractivity contribution in [3.05, 3.63) is 56.3 Å². The van der Waals surface area contributed by atoms with E-state index in [4.69, 9.17) is 0 Å². The molecule has 1 aromatic carbocycles. The van der Waals surface area contributed by atoms with Gasteiger partial charge in [-0.1, -0.05) is 6.07 Å². The molecule has 0 saturated carbocycles. The van der Waals surface area contributed by atoms with Crippen LogP contribution in [0.15, 0.2) is 35.0 Å². The summed E-state index contributed by atoms with van der Waals surface area (Å²) in [5.74, 6) is -0.115. The zero-order valence-electron chi connectivity index (χ0n) is 16.3. The van der Waals surface area contributed by atoms with E-state index in [9.17, 15) is 19.7 Å². The molecule has 3 rings (SSSR count). The second-order valence-corrected chi connectivity index (χ2v) is 7.78. The zero-order valence-corrected chi connectivity index (χ0v) is 17.1. The van der Waals surface area contributed by atoms with Gasteiger partial charge in [0.05, 0.1) is 21.7 Å². The number of nitro benzene ring substituents is 1. The molecule has 0 atom stereocenters. The average molecular weight is 417 g/mol. The van der Waals surface area contributed by atoms with Crippen molar-refractivity contribution in [2.45, 2.75) is 19.8 Å². The molecule has 9 heteroatoms. The lowest BCUT2D eigenvalue weighted by molar-refractivity contribution is -0.385. The van der Waals surface area contributed by atoms with E-state index >= 15 is 0 Å². The maximum Gasteiger partial charge on any atom is 0.274 e. The van der Waals surface area contributed by atoms with Crippen LogP contribution < -0.4 is 5.32 Å². The minimum atomic E-state index is -0.453. The topological polar surface area (TPSA) is 95.8 Å². The van der Waals surface area contributed by atoms with Gasteiger partial charge in [0.15, 0.2) is 0 Å². The van der Waals surface area contributed by atoms with Gasteiger partial charge in [0.2, 0.25) is 5.91 Å². The summed E-state index contributed by atoms with van der Waals surface area (Å²) >= 11 is 1.51. The summed E-state index contributed by atoms with van der Waals surface area (Å²) in [4.78, 5) is 39.5. The lowest BCUT2D eigenvalue weighted by atomic mass is 10.1. The number of carbonyl (C=O) groups excluding carboxylic acids is 2.